The van der Waals surface area contributed by atoms with Crippen LogP contribution in [-0.4, -0.2) is 33.0 Å². The summed E-state index contributed by atoms with van der Waals surface area (Å²) in [5, 5.41) is 12.4. The third-order valence-electron chi connectivity index (χ3n) is 6.49. The van der Waals surface area contributed by atoms with Crippen molar-refractivity contribution in [3.8, 4) is 5.75 Å². The number of fused-ring (bicyclic) bond motifs is 2. The molecule has 7 heteroatoms. The summed E-state index contributed by atoms with van der Waals surface area (Å²) < 4.78 is 8.16. The number of nitrogens with one attached hydrogen (secondary N) is 1. The Bertz CT molecular complexity index is 1630. The Morgan fingerprint density at radius 1 is 1.00 bits per heavy atom. The van der Waals surface area contributed by atoms with Crippen molar-refractivity contribution in [1.82, 2.24) is 9.47 Å². The van der Waals surface area contributed by atoms with Crippen LogP contribution in [0.3, 0.4) is 0 Å². The predicted molar refractivity (Wildman–Crippen MR) is 151 cm³/mol. The van der Waals surface area contributed by atoms with Crippen LogP contribution in [0.2, 0.25) is 0 Å². The largest absolute Gasteiger partial charge is 0.491 e. The molecule has 182 valence electrons. The van der Waals surface area contributed by atoms with E-state index in [0.29, 0.717) is 18.3 Å². The molecule has 0 aliphatic carbocycles. The molecule has 3 heterocycles. The SMILES string of the molecule is Cc1ccccc1OCCn1cc(C=C2C(=N)N3C(c4ccccc4)=CSC3=NC2=O)c2ccccc21. The number of aromatic nitrogens is 1. The van der Waals surface area contributed by atoms with Crippen LogP contribution in [0.15, 0.2) is 101 Å². The lowest BCUT2D eigenvalue weighted by molar-refractivity contribution is -0.114. The van der Waals surface area contributed by atoms with Crippen molar-refractivity contribution in [1.29, 1.82) is 5.41 Å². The van der Waals surface area contributed by atoms with Gasteiger partial charge in [-0.15, -0.1) is 0 Å². The number of carbonyl (C=O) groups is 1. The lowest BCUT2D eigenvalue weighted by Crippen LogP contribution is -2.38. The predicted octanol–water partition coefficient (Wildman–Crippen LogP) is 6.33. The summed E-state index contributed by atoms with van der Waals surface area (Å²) in [4.78, 5) is 19.1. The van der Waals surface area contributed by atoms with Crippen LogP contribution in [0.25, 0.3) is 22.7 Å². The second kappa shape index (κ2) is 9.59. The molecule has 1 N–H and O–H groups in total. The van der Waals surface area contributed by atoms with E-state index in [9.17, 15) is 4.79 Å². The molecule has 6 nitrogen and oxygen atoms in total. The molecule has 0 atom stereocenters. The first-order valence-corrected chi connectivity index (χ1v) is 12.9. The maximum atomic E-state index is 13.0. The van der Waals surface area contributed by atoms with Crippen molar-refractivity contribution in [2.24, 2.45) is 4.99 Å². The Kier molecular flexibility index (Phi) is 5.98. The molecular weight excluding hydrogens is 480 g/mol. The van der Waals surface area contributed by atoms with Crippen molar-refractivity contribution in [3.63, 3.8) is 0 Å². The van der Waals surface area contributed by atoms with Gasteiger partial charge in [-0.05, 0) is 36.3 Å². The van der Waals surface area contributed by atoms with Crippen LogP contribution in [0, 0.1) is 12.3 Å². The highest BCUT2D eigenvalue weighted by Crippen LogP contribution is 2.37. The standard InChI is InChI=1S/C30H24N4O2S/c1-20-9-5-8-14-27(20)36-16-15-33-18-22(23-12-6-7-13-25(23)33)17-24-28(31)34-26(21-10-3-2-4-11-21)19-37-30(34)32-29(24)35/h2-14,17-19,31H,15-16H2,1H3. The van der Waals surface area contributed by atoms with Crippen molar-refractivity contribution >= 4 is 51.3 Å². The molecule has 4 aromatic rings. The number of thioether (sulfide) groups is 1. The Morgan fingerprint density at radius 3 is 2.59 bits per heavy atom. The maximum Gasteiger partial charge on any atom is 0.283 e. The second-order valence-electron chi connectivity index (χ2n) is 8.84. The van der Waals surface area contributed by atoms with Gasteiger partial charge in [-0.2, -0.15) is 4.99 Å². The quantitative estimate of drug-likeness (QED) is 0.311. The summed E-state index contributed by atoms with van der Waals surface area (Å²) in [6.45, 7) is 3.19. The number of amidine groups is 2. The minimum absolute atomic E-state index is 0.134. The molecule has 0 saturated carbocycles. The first-order valence-electron chi connectivity index (χ1n) is 12.0. The zero-order valence-electron chi connectivity index (χ0n) is 20.2. The van der Waals surface area contributed by atoms with E-state index >= 15 is 0 Å². The van der Waals surface area contributed by atoms with E-state index in [1.807, 2.05) is 91.3 Å². The lowest BCUT2D eigenvalue weighted by atomic mass is 10.1. The fraction of sp³-hybridized carbons (Fsp3) is 0.100. The van der Waals surface area contributed by atoms with E-state index in [-0.39, 0.29) is 11.4 Å². The van der Waals surface area contributed by atoms with Crippen LogP contribution in [0.4, 0.5) is 0 Å². The van der Waals surface area contributed by atoms with Gasteiger partial charge in [0.25, 0.3) is 5.91 Å². The van der Waals surface area contributed by atoms with Crippen molar-refractivity contribution < 1.29 is 9.53 Å². The van der Waals surface area contributed by atoms with Crippen LogP contribution < -0.4 is 4.74 Å². The number of ether oxygens (including phenoxy) is 1. The fourth-order valence-electron chi connectivity index (χ4n) is 4.62. The molecule has 0 fully saturated rings. The maximum absolute atomic E-state index is 13.0. The summed E-state index contributed by atoms with van der Waals surface area (Å²) in [5.41, 5.74) is 5.11. The summed E-state index contributed by atoms with van der Waals surface area (Å²) in [6.07, 6.45) is 3.81. The number of aryl methyl sites for hydroxylation is 1. The second-order valence-corrected chi connectivity index (χ2v) is 9.67. The van der Waals surface area contributed by atoms with E-state index in [4.69, 9.17) is 10.1 Å². The smallest absolute Gasteiger partial charge is 0.283 e. The summed E-state index contributed by atoms with van der Waals surface area (Å²) in [7, 11) is 0. The van der Waals surface area contributed by atoms with Crippen molar-refractivity contribution in [3.05, 3.63) is 113 Å². The third kappa shape index (κ3) is 4.27. The number of benzene rings is 3. The number of para-hydroxylation sites is 2. The van der Waals surface area contributed by atoms with Crippen LogP contribution in [-0.2, 0) is 11.3 Å². The molecule has 37 heavy (non-hydrogen) atoms. The zero-order valence-corrected chi connectivity index (χ0v) is 21.0. The molecule has 0 saturated heterocycles. The molecule has 6 rings (SSSR count). The average molecular weight is 505 g/mol. The monoisotopic (exact) mass is 504 g/mol. The lowest BCUT2D eigenvalue weighted by Gasteiger charge is -2.26. The van der Waals surface area contributed by atoms with E-state index in [1.165, 1.54) is 11.8 Å². The Morgan fingerprint density at radius 2 is 1.76 bits per heavy atom. The van der Waals surface area contributed by atoms with Gasteiger partial charge >= 0.3 is 0 Å². The molecule has 2 aliphatic rings. The number of hydrogen-bond donors (Lipinski definition) is 1. The minimum Gasteiger partial charge on any atom is -0.491 e. The van der Waals surface area contributed by atoms with Gasteiger partial charge < -0.3 is 9.30 Å². The van der Waals surface area contributed by atoms with Gasteiger partial charge in [-0.1, -0.05) is 78.5 Å². The Balaban J connectivity index is 1.31. The number of carbonyl (C=O) groups excluding carboxylic acids is 1. The highest BCUT2D eigenvalue weighted by atomic mass is 32.2. The molecule has 2 aliphatic heterocycles. The van der Waals surface area contributed by atoms with Gasteiger partial charge in [-0.25, -0.2) is 0 Å². The molecule has 1 amide bonds. The van der Waals surface area contributed by atoms with E-state index < -0.39 is 5.91 Å². The van der Waals surface area contributed by atoms with Crippen molar-refractivity contribution in [2.75, 3.05) is 6.61 Å². The number of aliphatic imine (C=N–C) groups is 1. The number of hydrogen-bond acceptors (Lipinski definition) is 4. The topological polar surface area (TPSA) is 70.7 Å². The highest BCUT2D eigenvalue weighted by Gasteiger charge is 2.36. The van der Waals surface area contributed by atoms with E-state index in [2.05, 4.69) is 15.6 Å². The molecule has 0 unspecified atom stereocenters. The normalized spacial score (nSPS) is 16.2. The van der Waals surface area contributed by atoms with Gasteiger partial charge in [0.2, 0.25) is 0 Å². The molecule has 1 aromatic heterocycles. The average Bonchev–Trinajstić information content (AvgIpc) is 3.50. The van der Waals surface area contributed by atoms with Gasteiger partial charge in [0.15, 0.2) is 5.17 Å². The first kappa shape index (κ1) is 23.1. The molecule has 3 aromatic carbocycles. The Labute approximate surface area is 219 Å². The molecule has 0 bridgehead atoms. The summed E-state index contributed by atoms with van der Waals surface area (Å²) >= 11 is 1.37. The number of nitrogens with zero attached hydrogens (tertiary/aromatic N) is 3. The number of rotatable bonds is 6. The molecular formula is C30H24N4O2S. The fourth-order valence-corrected chi connectivity index (χ4v) is 5.51. The van der Waals surface area contributed by atoms with E-state index in [1.54, 1.807) is 11.0 Å². The molecule has 0 radical (unpaired) electrons. The highest BCUT2D eigenvalue weighted by molar-refractivity contribution is 8.17. The number of amides is 1. The van der Waals surface area contributed by atoms with Gasteiger partial charge in [0.05, 0.1) is 17.8 Å². The minimum atomic E-state index is -0.397. The molecule has 0 spiro atoms. The van der Waals surface area contributed by atoms with Crippen LogP contribution in [0.1, 0.15) is 16.7 Å². The van der Waals surface area contributed by atoms with Crippen LogP contribution in [0.5, 0.6) is 5.75 Å². The van der Waals surface area contributed by atoms with Gasteiger partial charge in [0.1, 0.15) is 18.2 Å². The van der Waals surface area contributed by atoms with Crippen molar-refractivity contribution in [2.45, 2.75) is 13.5 Å². The van der Waals surface area contributed by atoms with E-state index in [0.717, 1.165) is 39.0 Å². The van der Waals surface area contributed by atoms with Gasteiger partial charge in [-0.3, -0.25) is 15.1 Å². The van der Waals surface area contributed by atoms with Crippen LogP contribution >= 0.6 is 11.8 Å². The summed E-state index contributed by atoms with van der Waals surface area (Å²) in [5.74, 6) is 0.614. The third-order valence-corrected chi connectivity index (χ3v) is 7.31. The first-order chi connectivity index (χ1) is 18.1. The Hall–Kier alpha value is -4.36. The van der Waals surface area contributed by atoms with Gasteiger partial charge in [0, 0.05) is 28.1 Å². The summed E-state index contributed by atoms with van der Waals surface area (Å²) in [6, 6.07) is 25.9. The zero-order chi connectivity index (χ0) is 25.4.